The Kier molecular flexibility index (Phi) is 10.2. The van der Waals surface area contributed by atoms with E-state index >= 15 is 0 Å². The number of nitrogens with zero attached hydrogens (tertiary/aromatic N) is 2. The van der Waals surface area contributed by atoms with Crippen molar-refractivity contribution in [3.05, 3.63) is 0 Å². The highest BCUT2D eigenvalue weighted by Gasteiger charge is 2.14. The van der Waals surface area contributed by atoms with Crippen molar-refractivity contribution in [1.82, 2.24) is 9.80 Å². The lowest BCUT2D eigenvalue weighted by Crippen LogP contribution is -2.41. The third-order valence-electron chi connectivity index (χ3n) is 2.78. The Balaban J connectivity index is 4.14. The van der Waals surface area contributed by atoms with Crippen LogP contribution in [0.2, 0.25) is 0 Å². The van der Waals surface area contributed by atoms with Crippen LogP contribution < -0.4 is 0 Å². The quantitative estimate of drug-likeness (QED) is 0.630. The Bertz CT molecular complexity index is 192. The van der Waals surface area contributed by atoms with Crippen molar-refractivity contribution in [1.29, 1.82) is 0 Å². The second-order valence-corrected chi connectivity index (χ2v) is 4.33. The number of rotatable bonds is 10. The van der Waals surface area contributed by atoms with E-state index in [0.29, 0.717) is 6.54 Å². The summed E-state index contributed by atoms with van der Waals surface area (Å²) in [4.78, 5) is 16.1. The SMILES string of the molecule is CCCN(CCC)C(=O)CN(CC)CCCO. The highest BCUT2D eigenvalue weighted by Crippen LogP contribution is 1.99. The third kappa shape index (κ3) is 7.34. The number of carbonyl (C=O) groups excluding carboxylic acids is 1. The first-order chi connectivity index (χ1) is 8.19. The van der Waals surface area contributed by atoms with Crippen LogP contribution in [0.25, 0.3) is 0 Å². The van der Waals surface area contributed by atoms with Gasteiger partial charge < -0.3 is 10.0 Å². The van der Waals surface area contributed by atoms with Crippen molar-refractivity contribution in [3.63, 3.8) is 0 Å². The zero-order valence-corrected chi connectivity index (χ0v) is 11.6. The molecular formula is C13H28N2O2. The molecule has 1 N–H and O–H groups in total. The van der Waals surface area contributed by atoms with Crippen molar-refractivity contribution in [3.8, 4) is 0 Å². The monoisotopic (exact) mass is 244 g/mol. The molecule has 102 valence electrons. The molecule has 0 spiro atoms. The van der Waals surface area contributed by atoms with Gasteiger partial charge in [0.2, 0.25) is 5.91 Å². The van der Waals surface area contributed by atoms with Crippen molar-refractivity contribution in [2.75, 3.05) is 39.3 Å². The number of aliphatic hydroxyl groups excluding tert-OH is 1. The number of amides is 1. The minimum atomic E-state index is 0.193. The molecule has 0 radical (unpaired) electrons. The molecule has 0 fully saturated rings. The fraction of sp³-hybridized carbons (Fsp3) is 0.923. The predicted octanol–water partition coefficient (Wildman–Crippen LogP) is 1.34. The van der Waals surface area contributed by atoms with Gasteiger partial charge in [-0.05, 0) is 25.8 Å². The number of aliphatic hydroxyl groups is 1. The van der Waals surface area contributed by atoms with Gasteiger partial charge in [-0.3, -0.25) is 9.69 Å². The second kappa shape index (κ2) is 10.5. The van der Waals surface area contributed by atoms with Crippen LogP contribution in [0.3, 0.4) is 0 Å². The predicted molar refractivity (Wildman–Crippen MR) is 71.0 cm³/mol. The van der Waals surface area contributed by atoms with Crippen LogP contribution in [0.1, 0.15) is 40.0 Å². The second-order valence-electron chi connectivity index (χ2n) is 4.33. The molecule has 0 aliphatic rings. The largest absolute Gasteiger partial charge is 0.396 e. The smallest absolute Gasteiger partial charge is 0.236 e. The van der Waals surface area contributed by atoms with Crippen molar-refractivity contribution >= 4 is 5.91 Å². The molecule has 0 aliphatic carbocycles. The van der Waals surface area contributed by atoms with Crippen molar-refractivity contribution in [2.45, 2.75) is 40.0 Å². The molecule has 4 heteroatoms. The Morgan fingerprint density at radius 1 is 1.06 bits per heavy atom. The van der Waals surface area contributed by atoms with E-state index in [1.165, 1.54) is 0 Å². The molecule has 0 aromatic rings. The molecule has 0 bridgehead atoms. The summed E-state index contributed by atoms with van der Waals surface area (Å²) in [6.07, 6.45) is 2.76. The Morgan fingerprint density at radius 2 is 1.65 bits per heavy atom. The Hall–Kier alpha value is -0.610. The van der Waals surface area contributed by atoms with Gasteiger partial charge in [0.05, 0.1) is 6.54 Å². The number of hydrogen-bond acceptors (Lipinski definition) is 3. The summed E-state index contributed by atoms with van der Waals surface area (Å²) < 4.78 is 0. The molecule has 0 saturated carbocycles. The van der Waals surface area contributed by atoms with E-state index in [1.807, 2.05) is 4.90 Å². The van der Waals surface area contributed by atoms with E-state index in [4.69, 9.17) is 5.11 Å². The highest BCUT2D eigenvalue weighted by molar-refractivity contribution is 5.78. The maximum absolute atomic E-state index is 12.1. The van der Waals surface area contributed by atoms with Crippen LogP contribution in [0.4, 0.5) is 0 Å². The normalized spacial score (nSPS) is 10.9. The lowest BCUT2D eigenvalue weighted by atomic mass is 10.3. The van der Waals surface area contributed by atoms with Crippen LogP contribution in [0.15, 0.2) is 0 Å². The lowest BCUT2D eigenvalue weighted by molar-refractivity contribution is -0.132. The van der Waals surface area contributed by atoms with Gasteiger partial charge in [-0.25, -0.2) is 0 Å². The van der Waals surface area contributed by atoms with Gasteiger partial charge in [-0.15, -0.1) is 0 Å². The van der Waals surface area contributed by atoms with Crippen LogP contribution in [0.5, 0.6) is 0 Å². The summed E-state index contributed by atoms with van der Waals surface area (Å²) in [6.45, 7) is 10.3. The minimum absolute atomic E-state index is 0.193. The Labute approximate surface area is 106 Å². The summed E-state index contributed by atoms with van der Waals surface area (Å²) in [5.74, 6) is 0.216. The van der Waals surface area contributed by atoms with E-state index in [2.05, 4.69) is 25.7 Å². The zero-order chi connectivity index (χ0) is 13.1. The fourth-order valence-electron chi connectivity index (χ4n) is 1.84. The summed E-state index contributed by atoms with van der Waals surface area (Å²) in [5, 5.41) is 8.80. The molecule has 0 aromatic carbocycles. The fourth-order valence-corrected chi connectivity index (χ4v) is 1.84. The van der Waals surface area contributed by atoms with Gasteiger partial charge in [-0.1, -0.05) is 20.8 Å². The standard InChI is InChI=1S/C13H28N2O2/c1-4-8-15(9-5-2)13(17)12-14(6-3)10-7-11-16/h16H,4-12H2,1-3H3. The van der Waals surface area contributed by atoms with E-state index in [1.54, 1.807) is 0 Å². The van der Waals surface area contributed by atoms with Gasteiger partial charge in [0.25, 0.3) is 0 Å². The minimum Gasteiger partial charge on any atom is -0.396 e. The maximum Gasteiger partial charge on any atom is 0.236 e. The molecule has 4 nitrogen and oxygen atoms in total. The van der Waals surface area contributed by atoms with Gasteiger partial charge in [0.15, 0.2) is 0 Å². The highest BCUT2D eigenvalue weighted by atomic mass is 16.3. The van der Waals surface area contributed by atoms with Crippen molar-refractivity contribution in [2.24, 2.45) is 0 Å². The summed E-state index contributed by atoms with van der Waals surface area (Å²) in [7, 11) is 0. The van der Waals surface area contributed by atoms with Crippen molar-refractivity contribution < 1.29 is 9.90 Å². The molecular weight excluding hydrogens is 216 g/mol. The lowest BCUT2D eigenvalue weighted by Gasteiger charge is -2.26. The summed E-state index contributed by atoms with van der Waals surface area (Å²) >= 11 is 0. The van der Waals surface area contributed by atoms with Gasteiger partial charge in [0, 0.05) is 26.2 Å². The third-order valence-corrected chi connectivity index (χ3v) is 2.78. The first-order valence-electron chi connectivity index (χ1n) is 6.80. The van der Waals surface area contributed by atoms with Crippen LogP contribution in [-0.2, 0) is 4.79 Å². The molecule has 17 heavy (non-hydrogen) atoms. The van der Waals surface area contributed by atoms with Gasteiger partial charge in [-0.2, -0.15) is 0 Å². The van der Waals surface area contributed by atoms with E-state index < -0.39 is 0 Å². The Morgan fingerprint density at radius 3 is 2.06 bits per heavy atom. The first-order valence-corrected chi connectivity index (χ1v) is 6.80. The number of likely N-dealkylation sites (N-methyl/N-ethyl adjacent to an activating group) is 1. The molecule has 0 aromatic heterocycles. The number of hydrogen-bond donors (Lipinski definition) is 1. The molecule has 0 aliphatic heterocycles. The topological polar surface area (TPSA) is 43.8 Å². The number of carbonyl (C=O) groups is 1. The summed E-state index contributed by atoms with van der Waals surface area (Å²) in [6, 6.07) is 0. The molecule has 0 atom stereocenters. The molecule has 0 unspecified atom stereocenters. The van der Waals surface area contributed by atoms with E-state index in [-0.39, 0.29) is 12.5 Å². The van der Waals surface area contributed by atoms with Crippen LogP contribution >= 0.6 is 0 Å². The van der Waals surface area contributed by atoms with Gasteiger partial charge in [0.1, 0.15) is 0 Å². The summed E-state index contributed by atoms with van der Waals surface area (Å²) in [5.41, 5.74) is 0. The van der Waals surface area contributed by atoms with E-state index in [9.17, 15) is 4.79 Å². The molecule has 1 amide bonds. The maximum atomic E-state index is 12.1. The van der Waals surface area contributed by atoms with E-state index in [0.717, 1.165) is 45.4 Å². The molecule has 0 heterocycles. The molecule has 0 rings (SSSR count). The average molecular weight is 244 g/mol. The first kappa shape index (κ1) is 16.4. The molecule has 0 saturated heterocycles. The average Bonchev–Trinajstić information content (AvgIpc) is 2.33. The van der Waals surface area contributed by atoms with Crippen LogP contribution in [0, 0.1) is 0 Å². The van der Waals surface area contributed by atoms with Crippen LogP contribution in [-0.4, -0.2) is 60.1 Å². The van der Waals surface area contributed by atoms with Gasteiger partial charge >= 0.3 is 0 Å². The zero-order valence-electron chi connectivity index (χ0n) is 11.6.